The van der Waals surface area contributed by atoms with Gasteiger partial charge in [0.1, 0.15) is 29.9 Å². The van der Waals surface area contributed by atoms with Crippen LogP contribution in [0.5, 0.6) is 0 Å². The molecule has 0 saturated heterocycles. The van der Waals surface area contributed by atoms with Crippen LogP contribution in [-0.2, 0) is 30.4 Å². The van der Waals surface area contributed by atoms with Gasteiger partial charge in [0.05, 0.1) is 6.54 Å². The van der Waals surface area contributed by atoms with Crippen molar-refractivity contribution >= 4 is 24.1 Å². The van der Waals surface area contributed by atoms with E-state index in [9.17, 15) is 19.2 Å². The van der Waals surface area contributed by atoms with Gasteiger partial charge in [-0.1, -0.05) is 30.3 Å². The highest BCUT2D eigenvalue weighted by molar-refractivity contribution is 5.89. The molecule has 2 atom stereocenters. The standard InChI is InChI=1S/C23H35N3O7/c1-15(25-21(30)33-23(5,6)7)18(27)26-17(19(28)32-22(2,3)4)13-24-20(29)31-14-16-11-9-8-10-12-16/h8-12,15,17H,13-14H2,1-7H3,(H,24,29)(H,25,30)(H,26,27)/t15-,17-/m0/s1. The summed E-state index contributed by atoms with van der Waals surface area (Å²) in [5.74, 6) is -1.40. The van der Waals surface area contributed by atoms with Crippen molar-refractivity contribution in [2.45, 2.75) is 78.4 Å². The van der Waals surface area contributed by atoms with Gasteiger partial charge < -0.3 is 30.2 Å². The fraction of sp³-hybridized carbons (Fsp3) is 0.565. The van der Waals surface area contributed by atoms with Crippen LogP contribution in [0.3, 0.4) is 0 Å². The molecule has 184 valence electrons. The third-order valence-corrected chi connectivity index (χ3v) is 3.80. The molecule has 1 aromatic rings. The van der Waals surface area contributed by atoms with Gasteiger partial charge in [-0.2, -0.15) is 0 Å². The van der Waals surface area contributed by atoms with Gasteiger partial charge in [-0.15, -0.1) is 0 Å². The Morgan fingerprint density at radius 1 is 0.848 bits per heavy atom. The number of nitrogens with one attached hydrogen (secondary N) is 3. The summed E-state index contributed by atoms with van der Waals surface area (Å²) in [6.07, 6.45) is -1.54. The van der Waals surface area contributed by atoms with Gasteiger partial charge in [-0.3, -0.25) is 4.79 Å². The number of alkyl carbamates (subject to hydrolysis) is 2. The molecule has 10 nitrogen and oxygen atoms in total. The van der Waals surface area contributed by atoms with E-state index in [-0.39, 0.29) is 13.2 Å². The monoisotopic (exact) mass is 465 g/mol. The van der Waals surface area contributed by atoms with Crippen molar-refractivity contribution in [3.8, 4) is 0 Å². The number of rotatable bonds is 8. The Hall–Kier alpha value is -3.30. The number of amides is 3. The molecule has 0 bridgehead atoms. The molecule has 0 aliphatic rings. The van der Waals surface area contributed by atoms with E-state index in [2.05, 4.69) is 16.0 Å². The molecule has 0 fully saturated rings. The molecule has 0 unspecified atom stereocenters. The van der Waals surface area contributed by atoms with Crippen LogP contribution in [0, 0.1) is 0 Å². The minimum Gasteiger partial charge on any atom is -0.458 e. The maximum absolute atomic E-state index is 12.6. The minimum atomic E-state index is -1.20. The number of carbonyl (C=O) groups is 4. The topological polar surface area (TPSA) is 132 Å². The molecule has 1 rings (SSSR count). The predicted octanol–water partition coefficient (Wildman–Crippen LogP) is 2.65. The zero-order chi connectivity index (χ0) is 25.2. The van der Waals surface area contributed by atoms with Gasteiger partial charge in [0.25, 0.3) is 0 Å². The summed E-state index contributed by atoms with van der Waals surface area (Å²) >= 11 is 0. The molecule has 0 aliphatic carbocycles. The van der Waals surface area contributed by atoms with Gasteiger partial charge in [0.15, 0.2) is 0 Å². The maximum atomic E-state index is 12.6. The normalized spacial score (nSPS) is 13.2. The van der Waals surface area contributed by atoms with Crippen molar-refractivity contribution in [2.75, 3.05) is 6.54 Å². The van der Waals surface area contributed by atoms with Crippen molar-refractivity contribution in [2.24, 2.45) is 0 Å². The van der Waals surface area contributed by atoms with E-state index in [4.69, 9.17) is 14.2 Å². The highest BCUT2D eigenvalue weighted by atomic mass is 16.6. The van der Waals surface area contributed by atoms with Crippen LogP contribution >= 0.6 is 0 Å². The molecule has 0 aliphatic heterocycles. The second kappa shape index (κ2) is 12.1. The predicted molar refractivity (Wildman–Crippen MR) is 121 cm³/mol. The Morgan fingerprint density at radius 3 is 1.97 bits per heavy atom. The smallest absolute Gasteiger partial charge is 0.408 e. The Bertz CT molecular complexity index is 814. The number of esters is 1. The van der Waals surface area contributed by atoms with Gasteiger partial charge in [-0.05, 0) is 54.0 Å². The summed E-state index contributed by atoms with van der Waals surface area (Å²) in [5, 5.41) is 7.32. The highest BCUT2D eigenvalue weighted by Gasteiger charge is 2.29. The van der Waals surface area contributed by atoms with Crippen molar-refractivity contribution in [3.05, 3.63) is 35.9 Å². The Kier molecular flexibility index (Phi) is 10.2. The summed E-state index contributed by atoms with van der Waals surface area (Å²) in [4.78, 5) is 49.1. The first-order chi connectivity index (χ1) is 15.2. The van der Waals surface area contributed by atoms with E-state index in [0.717, 1.165) is 5.56 Å². The molecule has 0 heterocycles. The number of carbonyl (C=O) groups excluding carboxylic acids is 4. The molecule has 0 aromatic heterocycles. The van der Waals surface area contributed by atoms with Gasteiger partial charge in [-0.25, -0.2) is 14.4 Å². The van der Waals surface area contributed by atoms with Crippen LogP contribution in [0.4, 0.5) is 9.59 Å². The molecule has 10 heteroatoms. The van der Waals surface area contributed by atoms with Crippen LogP contribution in [0.15, 0.2) is 30.3 Å². The van der Waals surface area contributed by atoms with Crippen molar-refractivity contribution in [1.29, 1.82) is 0 Å². The van der Waals surface area contributed by atoms with Crippen LogP contribution < -0.4 is 16.0 Å². The maximum Gasteiger partial charge on any atom is 0.408 e. The largest absolute Gasteiger partial charge is 0.458 e. The molecular weight excluding hydrogens is 430 g/mol. The highest BCUT2D eigenvalue weighted by Crippen LogP contribution is 2.09. The lowest BCUT2D eigenvalue weighted by Crippen LogP contribution is -2.55. The van der Waals surface area contributed by atoms with E-state index in [1.54, 1.807) is 53.7 Å². The summed E-state index contributed by atoms with van der Waals surface area (Å²) in [5.41, 5.74) is -0.746. The Labute approximate surface area is 194 Å². The Balaban J connectivity index is 2.71. The average Bonchev–Trinajstić information content (AvgIpc) is 2.67. The van der Waals surface area contributed by atoms with Gasteiger partial charge in [0.2, 0.25) is 5.91 Å². The van der Waals surface area contributed by atoms with Crippen molar-refractivity contribution < 1.29 is 33.4 Å². The fourth-order valence-electron chi connectivity index (χ4n) is 2.37. The molecule has 33 heavy (non-hydrogen) atoms. The number of benzene rings is 1. The van der Waals surface area contributed by atoms with E-state index in [1.165, 1.54) is 6.92 Å². The van der Waals surface area contributed by atoms with Crippen molar-refractivity contribution in [3.63, 3.8) is 0 Å². The third-order valence-electron chi connectivity index (χ3n) is 3.80. The second-order valence-corrected chi connectivity index (χ2v) is 9.41. The molecule has 0 saturated carbocycles. The SMILES string of the molecule is C[C@H](NC(=O)OC(C)(C)C)C(=O)N[C@@H](CNC(=O)OCc1ccccc1)C(=O)OC(C)(C)C. The van der Waals surface area contributed by atoms with Crippen LogP contribution in [0.1, 0.15) is 54.0 Å². The lowest BCUT2D eigenvalue weighted by Gasteiger charge is -2.26. The first-order valence-electron chi connectivity index (χ1n) is 10.6. The van der Waals surface area contributed by atoms with E-state index >= 15 is 0 Å². The van der Waals surface area contributed by atoms with Crippen LogP contribution in [0.25, 0.3) is 0 Å². The first kappa shape index (κ1) is 27.7. The number of hydrogen-bond donors (Lipinski definition) is 3. The molecule has 3 N–H and O–H groups in total. The quantitative estimate of drug-likeness (QED) is 0.397. The second-order valence-electron chi connectivity index (χ2n) is 9.41. The summed E-state index contributed by atoms with van der Waals surface area (Å²) in [7, 11) is 0. The van der Waals surface area contributed by atoms with E-state index in [0.29, 0.717) is 0 Å². The summed E-state index contributed by atoms with van der Waals surface area (Å²) < 4.78 is 15.6. The summed E-state index contributed by atoms with van der Waals surface area (Å²) in [6.45, 7) is 11.3. The number of ether oxygens (including phenoxy) is 3. The lowest BCUT2D eigenvalue weighted by molar-refractivity contribution is -0.158. The molecule has 0 spiro atoms. The van der Waals surface area contributed by atoms with Crippen molar-refractivity contribution in [1.82, 2.24) is 16.0 Å². The minimum absolute atomic E-state index is 0.0486. The van der Waals surface area contributed by atoms with Crippen LogP contribution in [0.2, 0.25) is 0 Å². The van der Waals surface area contributed by atoms with Gasteiger partial charge >= 0.3 is 18.2 Å². The van der Waals surface area contributed by atoms with E-state index in [1.807, 2.05) is 18.2 Å². The zero-order valence-corrected chi connectivity index (χ0v) is 20.3. The molecule has 1 aromatic carbocycles. The van der Waals surface area contributed by atoms with Crippen LogP contribution in [-0.4, -0.2) is 53.9 Å². The molecule has 3 amide bonds. The lowest BCUT2D eigenvalue weighted by atomic mass is 10.2. The average molecular weight is 466 g/mol. The fourth-order valence-corrected chi connectivity index (χ4v) is 2.37. The third kappa shape index (κ3) is 12.4. The zero-order valence-electron chi connectivity index (χ0n) is 20.3. The number of hydrogen-bond acceptors (Lipinski definition) is 7. The summed E-state index contributed by atoms with van der Waals surface area (Å²) in [6, 6.07) is 6.87. The molecule has 0 radical (unpaired) electrons. The first-order valence-corrected chi connectivity index (χ1v) is 10.6. The van der Waals surface area contributed by atoms with E-state index < -0.39 is 47.3 Å². The molecular formula is C23H35N3O7. The Morgan fingerprint density at radius 2 is 1.42 bits per heavy atom. The van der Waals surface area contributed by atoms with Gasteiger partial charge in [0, 0.05) is 0 Å².